The first kappa shape index (κ1) is 17.5. The zero-order chi connectivity index (χ0) is 16.9. The van der Waals surface area contributed by atoms with Crippen molar-refractivity contribution in [2.24, 2.45) is 0 Å². The van der Waals surface area contributed by atoms with Crippen molar-refractivity contribution >= 4 is 27.4 Å². The minimum Gasteiger partial charge on any atom is -0.481 e. The van der Waals surface area contributed by atoms with Crippen LogP contribution in [0.25, 0.3) is 0 Å². The van der Waals surface area contributed by atoms with Gasteiger partial charge in [-0.1, -0.05) is 48.0 Å². The Balaban J connectivity index is 1.94. The Bertz CT molecular complexity index is 782. The van der Waals surface area contributed by atoms with E-state index >= 15 is 0 Å². The fourth-order valence-electron chi connectivity index (χ4n) is 2.27. The second-order valence-corrected chi connectivity index (χ2v) is 7.72. The van der Waals surface area contributed by atoms with Crippen molar-refractivity contribution in [1.82, 2.24) is 0 Å². The number of carboxylic acid groups (broad SMARTS) is 1. The van der Waals surface area contributed by atoms with Gasteiger partial charge in [0.15, 0.2) is 9.84 Å². The molecule has 0 saturated carbocycles. The van der Waals surface area contributed by atoms with Crippen molar-refractivity contribution in [3.8, 4) is 0 Å². The molecule has 0 saturated heterocycles. The van der Waals surface area contributed by atoms with E-state index in [1.807, 2.05) is 12.1 Å². The highest BCUT2D eigenvalue weighted by Crippen LogP contribution is 2.22. The summed E-state index contributed by atoms with van der Waals surface area (Å²) < 4.78 is 24.5. The number of hydrogen-bond acceptors (Lipinski definition) is 3. The Morgan fingerprint density at radius 1 is 1.00 bits per heavy atom. The highest BCUT2D eigenvalue weighted by molar-refractivity contribution is 7.91. The Morgan fingerprint density at radius 3 is 2.22 bits per heavy atom. The molecule has 0 atom stereocenters. The fourth-order valence-corrected chi connectivity index (χ4v) is 4.16. The van der Waals surface area contributed by atoms with Gasteiger partial charge in [0.1, 0.15) is 0 Å². The van der Waals surface area contributed by atoms with E-state index in [4.69, 9.17) is 16.7 Å². The molecule has 2 rings (SSSR count). The molecule has 0 heterocycles. The van der Waals surface area contributed by atoms with Gasteiger partial charge in [0.25, 0.3) is 0 Å². The second-order valence-electron chi connectivity index (χ2n) is 5.24. The summed E-state index contributed by atoms with van der Waals surface area (Å²) in [6.07, 6.45) is 1.07. The average Bonchev–Trinajstić information content (AvgIpc) is 2.48. The topological polar surface area (TPSA) is 71.4 Å². The second kappa shape index (κ2) is 7.62. The van der Waals surface area contributed by atoms with Crippen molar-refractivity contribution in [3.05, 3.63) is 64.7 Å². The Labute approximate surface area is 140 Å². The minimum atomic E-state index is -3.39. The van der Waals surface area contributed by atoms with Crippen molar-refractivity contribution < 1.29 is 18.3 Å². The van der Waals surface area contributed by atoms with Crippen LogP contribution in [0.5, 0.6) is 0 Å². The van der Waals surface area contributed by atoms with Gasteiger partial charge >= 0.3 is 5.97 Å². The first-order valence-electron chi connectivity index (χ1n) is 7.15. The van der Waals surface area contributed by atoms with Crippen LogP contribution in [0.4, 0.5) is 0 Å². The first-order valence-corrected chi connectivity index (χ1v) is 9.18. The summed E-state index contributed by atoms with van der Waals surface area (Å²) in [6, 6.07) is 13.6. The lowest BCUT2D eigenvalue weighted by molar-refractivity contribution is -0.136. The quantitative estimate of drug-likeness (QED) is 0.829. The predicted molar refractivity (Wildman–Crippen MR) is 89.6 cm³/mol. The number of aryl methyl sites for hydroxylation is 1. The van der Waals surface area contributed by atoms with Crippen LogP contribution in [0.3, 0.4) is 0 Å². The molecule has 4 nitrogen and oxygen atoms in total. The van der Waals surface area contributed by atoms with Gasteiger partial charge < -0.3 is 5.11 Å². The third-order valence-corrected chi connectivity index (χ3v) is 5.72. The lowest BCUT2D eigenvalue weighted by Crippen LogP contribution is -2.08. The van der Waals surface area contributed by atoms with Gasteiger partial charge in [0.05, 0.1) is 22.1 Å². The summed E-state index contributed by atoms with van der Waals surface area (Å²) >= 11 is 5.94. The number of aliphatic carboxylic acids is 1. The van der Waals surface area contributed by atoms with Crippen molar-refractivity contribution in [2.75, 3.05) is 5.75 Å². The minimum absolute atomic E-state index is 0.0127. The molecule has 0 unspecified atom stereocenters. The molecule has 0 spiro atoms. The van der Waals surface area contributed by atoms with Gasteiger partial charge in [-0.25, -0.2) is 8.42 Å². The van der Waals surface area contributed by atoms with Crippen LogP contribution in [0.1, 0.15) is 17.5 Å². The van der Waals surface area contributed by atoms with E-state index in [2.05, 4.69) is 0 Å². The molecule has 0 aliphatic heterocycles. The SMILES string of the molecule is O=C(O)Cc1ccc(CCCS(=O)(=O)c2ccccc2Cl)cc1. The van der Waals surface area contributed by atoms with Gasteiger partial charge in [-0.15, -0.1) is 0 Å². The molecule has 2 aromatic carbocycles. The molecule has 1 N–H and O–H groups in total. The molecule has 0 aliphatic rings. The van der Waals surface area contributed by atoms with E-state index in [1.165, 1.54) is 6.07 Å². The highest BCUT2D eigenvalue weighted by atomic mass is 35.5. The normalized spacial score (nSPS) is 11.3. The number of carboxylic acids is 1. The average molecular weight is 353 g/mol. The monoisotopic (exact) mass is 352 g/mol. The van der Waals surface area contributed by atoms with E-state index in [0.717, 1.165) is 11.1 Å². The summed E-state index contributed by atoms with van der Waals surface area (Å²) in [5.74, 6) is -0.850. The summed E-state index contributed by atoms with van der Waals surface area (Å²) in [5, 5.41) is 8.96. The van der Waals surface area contributed by atoms with E-state index in [9.17, 15) is 13.2 Å². The smallest absolute Gasteiger partial charge is 0.307 e. The number of sulfone groups is 1. The molecular formula is C17H17ClO4S. The van der Waals surface area contributed by atoms with Crippen molar-refractivity contribution in [3.63, 3.8) is 0 Å². The van der Waals surface area contributed by atoms with E-state index < -0.39 is 15.8 Å². The van der Waals surface area contributed by atoms with E-state index in [1.54, 1.807) is 30.3 Å². The number of rotatable bonds is 7. The molecule has 0 aliphatic carbocycles. The van der Waals surface area contributed by atoms with Crippen LogP contribution in [0.15, 0.2) is 53.4 Å². The lowest BCUT2D eigenvalue weighted by atomic mass is 10.1. The maximum Gasteiger partial charge on any atom is 0.307 e. The Kier molecular flexibility index (Phi) is 5.80. The molecule has 0 radical (unpaired) electrons. The Morgan fingerprint density at radius 2 is 1.61 bits per heavy atom. The first-order chi connectivity index (χ1) is 10.9. The van der Waals surface area contributed by atoms with Gasteiger partial charge in [-0.05, 0) is 36.1 Å². The molecule has 0 amide bonds. The number of hydrogen-bond donors (Lipinski definition) is 1. The fraction of sp³-hybridized carbons (Fsp3) is 0.235. The molecule has 0 fully saturated rings. The summed E-state index contributed by atoms with van der Waals surface area (Å²) in [6.45, 7) is 0. The van der Waals surface area contributed by atoms with Crippen molar-refractivity contribution in [1.29, 1.82) is 0 Å². The van der Waals surface area contributed by atoms with Gasteiger partial charge in [-0.3, -0.25) is 4.79 Å². The summed E-state index contributed by atoms with van der Waals surface area (Å²) in [4.78, 5) is 10.8. The van der Waals surface area contributed by atoms with Crippen molar-refractivity contribution in [2.45, 2.75) is 24.2 Å². The van der Waals surface area contributed by atoms with Crippen LogP contribution in [0.2, 0.25) is 5.02 Å². The summed E-state index contributed by atoms with van der Waals surface area (Å²) in [7, 11) is -3.39. The standard InChI is InChI=1S/C17H17ClO4S/c18-15-5-1-2-6-16(15)23(21,22)11-3-4-13-7-9-14(10-8-13)12-17(19)20/h1-2,5-10H,3-4,11-12H2,(H,19,20). The molecule has 122 valence electrons. The largest absolute Gasteiger partial charge is 0.481 e. The van der Waals surface area contributed by atoms with Crippen LogP contribution < -0.4 is 0 Å². The van der Waals surface area contributed by atoms with E-state index in [-0.39, 0.29) is 22.1 Å². The third kappa shape index (κ3) is 5.08. The predicted octanol–water partition coefficient (Wildman–Crippen LogP) is 3.37. The number of halogens is 1. The summed E-state index contributed by atoms with van der Waals surface area (Å²) in [5.41, 5.74) is 1.71. The van der Waals surface area contributed by atoms with Crippen LogP contribution in [-0.4, -0.2) is 25.2 Å². The molecule has 6 heteroatoms. The maximum atomic E-state index is 12.3. The molecular weight excluding hydrogens is 336 g/mol. The Hall–Kier alpha value is -1.85. The molecule has 2 aromatic rings. The maximum absolute atomic E-state index is 12.3. The van der Waals surface area contributed by atoms with Crippen LogP contribution in [0, 0.1) is 0 Å². The highest BCUT2D eigenvalue weighted by Gasteiger charge is 2.17. The van der Waals surface area contributed by atoms with Gasteiger partial charge in [0.2, 0.25) is 0 Å². The lowest BCUT2D eigenvalue weighted by Gasteiger charge is -2.07. The zero-order valence-corrected chi connectivity index (χ0v) is 14.0. The molecule has 0 bridgehead atoms. The zero-order valence-electron chi connectivity index (χ0n) is 12.4. The molecule has 0 aromatic heterocycles. The third-order valence-electron chi connectivity index (χ3n) is 3.43. The van der Waals surface area contributed by atoms with E-state index in [0.29, 0.717) is 12.8 Å². The van der Waals surface area contributed by atoms with Gasteiger partial charge in [0, 0.05) is 0 Å². The molecule has 23 heavy (non-hydrogen) atoms. The number of carbonyl (C=O) groups is 1. The van der Waals surface area contributed by atoms with Crippen LogP contribution in [-0.2, 0) is 27.5 Å². The van der Waals surface area contributed by atoms with Gasteiger partial charge in [-0.2, -0.15) is 0 Å². The van der Waals surface area contributed by atoms with Crippen LogP contribution >= 0.6 is 11.6 Å². The number of benzene rings is 2.